The predicted molar refractivity (Wildman–Crippen MR) is 97.1 cm³/mol. The molecule has 1 aliphatic rings. The monoisotopic (exact) mass is 354 g/mol. The van der Waals surface area contributed by atoms with E-state index in [1.165, 1.54) is 11.3 Å². The molecule has 0 saturated heterocycles. The maximum atomic E-state index is 12.4. The number of fused-ring (bicyclic) bond motifs is 2. The van der Waals surface area contributed by atoms with Crippen molar-refractivity contribution in [3.8, 4) is 11.5 Å². The fraction of sp³-hybridized carbons (Fsp3) is 0.263. The number of ether oxygens (including phenoxy) is 2. The van der Waals surface area contributed by atoms with Crippen LogP contribution in [0.15, 0.2) is 41.4 Å². The molecular formula is C19H18N2O3S. The van der Waals surface area contributed by atoms with Crippen molar-refractivity contribution in [1.82, 2.24) is 4.57 Å². The van der Waals surface area contributed by atoms with Crippen molar-refractivity contribution in [2.45, 2.75) is 26.8 Å². The van der Waals surface area contributed by atoms with Gasteiger partial charge in [-0.05, 0) is 19.4 Å². The number of rotatable bonds is 3. The molecule has 0 saturated carbocycles. The molecule has 0 spiro atoms. The SMILES string of the molecule is CCn1c(=NC(=O)Cc2cccc(C)c2)sc2cc3c(cc21)OCO3. The highest BCUT2D eigenvalue weighted by Gasteiger charge is 2.17. The number of hydrogen-bond acceptors (Lipinski definition) is 4. The van der Waals surface area contributed by atoms with E-state index >= 15 is 0 Å². The highest BCUT2D eigenvalue weighted by molar-refractivity contribution is 7.16. The van der Waals surface area contributed by atoms with E-state index in [1.807, 2.05) is 54.8 Å². The van der Waals surface area contributed by atoms with Crippen molar-refractivity contribution < 1.29 is 14.3 Å². The Morgan fingerprint density at radius 3 is 2.80 bits per heavy atom. The lowest BCUT2D eigenvalue weighted by atomic mass is 10.1. The van der Waals surface area contributed by atoms with E-state index in [1.54, 1.807) is 0 Å². The minimum atomic E-state index is -0.139. The van der Waals surface area contributed by atoms with Crippen LogP contribution in [0.4, 0.5) is 0 Å². The highest BCUT2D eigenvalue weighted by Crippen LogP contribution is 2.36. The molecule has 2 aromatic carbocycles. The number of benzene rings is 2. The molecule has 1 aliphatic heterocycles. The Morgan fingerprint density at radius 1 is 1.24 bits per heavy atom. The molecule has 0 atom stereocenters. The van der Waals surface area contributed by atoms with Gasteiger partial charge in [0.05, 0.1) is 16.6 Å². The van der Waals surface area contributed by atoms with Crippen LogP contribution in [0.2, 0.25) is 0 Å². The van der Waals surface area contributed by atoms with E-state index in [2.05, 4.69) is 4.99 Å². The maximum Gasteiger partial charge on any atom is 0.252 e. The number of nitrogens with zero attached hydrogens (tertiary/aromatic N) is 2. The fourth-order valence-corrected chi connectivity index (χ4v) is 4.11. The number of aryl methyl sites for hydroxylation is 2. The second-order valence-electron chi connectivity index (χ2n) is 5.97. The number of amides is 1. The number of thiazole rings is 1. The van der Waals surface area contributed by atoms with Crippen molar-refractivity contribution in [3.05, 3.63) is 52.3 Å². The van der Waals surface area contributed by atoms with Crippen LogP contribution >= 0.6 is 11.3 Å². The Balaban J connectivity index is 1.72. The molecule has 0 bridgehead atoms. The van der Waals surface area contributed by atoms with Gasteiger partial charge in [-0.25, -0.2) is 0 Å². The molecule has 4 rings (SSSR count). The average Bonchev–Trinajstić information content (AvgIpc) is 3.15. The lowest BCUT2D eigenvalue weighted by molar-refractivity contribution is -0.117. The fourth-order valence-electron chi connectivity index (χ4n) is 2.99. The van der Waals surface area contributed by atoms with Gasteiger partial charge < -0.3 is 14.0 Å². The Hall–Kier alpha value is -2.60. The number of aromatic nitrogens is 1. The summed E-state index contributed by atoms with van der Waals surface area (Å²) in [6.07, 6.45) is 0.308. The van der Waals surface area contributed by atoms with Gasteiger partial charge in [-0.3, -0.25) is 4.79 Å². The lowest BCUT2D eigenvalue weighted by Crippen LogP contribution is -2.16. The van der Waals surface area contributed by atoms with Gasteiger partial charge in [-0.15, -0.1) is 0 Å². The van der Waals surface area contributed by atoms with E-state index in [4.69, 9.17) is 9.47 Å². The van der Waals surface area contributed by atoms with Crippen LogP contribution in [0.3, 0.4) is 0 Å². The van der Waals surface area contributed by atoms with E-state index in [9.17, 15) is 4.79 Å². The second kappa shape index (κ2) is 6.37. The molecule has 25 heavy (non-hydrogen) atoms. The summed E-state index contributed by atoms with van der Waals surface area (Å²) in [6.45, 7) is 5.05. The molecule has 5 nitrogen and oxygen atoms in total. The molecule has 6 heteroatoms. The summed E-state index contributed by atoms with van der Waals surface area (Å²) in [5, 5.41) is 0. The van der Waals surface area contributed by atoms with Gasteiger partial charge in [0.2, 0.25) is 6.79 Å². The summed E-state index contributed by atoms with van der Waals surface area (Å²) in [6, 6.07) is 11.9. The zero-order valence-corrected chi connectivity index (χ0v) is 14.9. The zero-order chi connectivity index (χ0) is 17.4. The Morgan fingerprint density at radius 2 is 2.04 bits per heavy atom. The van der Waals surface area contributed by atoms with Crippen molar-refractivity contribution in [3.63, 3.8) is 0 Å². The van der Waals surface area contributed by atoms with Crippen molar-refractivity contribution in [2.75, 3.05) is 6.79 Å². The molecule has 0 unspecified atom stereocenters. The van der Waals surface area contributed by atoms with Crippen LogP contribution in [0.5, 0.6) is 11.5 Å². The van der Waals surface area contributed by atoms with E-state index in [-0.39, 0.29) is 12.7 Å². The summed E-state index contributed by atoms with van der Waals surface area (Å²) >= 11 is 1.50. The third kappa shape index (κ3) is 3.05. The minimum Gasteiger partial charge on any atom is -0.454 e. The summed E-state index contributed by atoms with van der Waals surface area (Å²) in [5.41, 5.74) is 3.14. The summed E-state index contributed by atoms with van der Waals surface area (Å²) in [7, 11) is 0. The molecule has 3 aromatic rings. The van der Waals surface area contributed by atoms with Crippen LogP contribution in [-0.2, 0) is 17.8 Å². The molecule has 0 fully saturated rings. The first-order chi connectivity index (χ1) is 12.1. The minimum absolute atomic E-state index is 0.139. The first kappa shape index (κ1) is 15.9. The zero-order valence-electron chi connectivity index (χ0n) is 14.1. The lowest BCUT2D eigenvalue weighted by Gasteiger charge is -2.02. The Bertz CT molecular complexity index is 1030. The first-order valence-electron chi connectivity index (χ1n) is 8.20. The van der Waals surface area contributed by atoms with Gasteiger partial charge in [0.1, 0.15) is 0 Å². The van der Waals surface area contributed by atoms with Crippen molar-refractivity contribution in [2.24, 2.45) is 4.99 Å². The van der Waals surface area contributed by atoms with Gasteiger partial charge in [0, 0.05) is 18.7 Å². The quantitative estimate of drug-likeness (QED) is 0.724. The van der Waals surface area contributed by atoms with Crippen LogP contribution in [0, 0.1) is 6.92 Å². The second-order valence-corrected chi connectivity index (χ2v) is 6.98. The summed E-state index contributed by atoms with van der Waals surface area (Å²) < 4.78 is 14.0. The largest absolute Gasteiger partial charge is 0.454 e. The Kier molecular flexibility index (Phi) is 4.05. The van der Waals surface area contributed by atoms with Crippen molar-refractivity contribution >= 4 is 27.5 Å². The first-order valence-corrected chi connectivity index (χ1v) is 9.02. The van der Waals surface area contributed by atoms with Gasteiger partial charge >= 0.3 is 0 Å². The van der Waals surface area contributed by atoms with Gasteiger partial charge in [-0.1, -0.05) is 41.2 Å². The summed E-state index contributed by atoms with van der Waals surface area (Å²) in [4.78, 5) is 17.5. The van der Waals surface area contributed by atoms with E-state index < -0.39 is 0 Å². The number of carbonyl (C=O) groups is 1. The average molecular weight is 354 g/mol. The van der Waals surface area contributed by atoms with Crippen LogP contribution < -0.4 is 14.3 Å². The third-order valence-corrected chi connectivity index (χ3v) is 5.19. The number of hydrogen-bond donors (Lipinski definition) is 0. The third-order valence-electron chi connectivity index (χ3n) is 4.15. The molecule has 0 N–H and O–H groups in total. The molecular weight excluding hydrogens is 336 g/mol. The van der Waals surface area contributed by atoms with Crippen LogP contribution in [-0.4, -0.2) is 17.3 Å². The van der Waals surface area contributed by atoms with Crippen LogP contribution in [0.25, 0.3) is 10.2 Å². The highest BCUT2D eigenvalue weighted by atomic mass is 32.1. The smallest absolute Gasteiger partial charge is 0.252 e. The van der Waals surface area contributed by atoms with Gasteiger partial charge in [-0.2, -0.15) is 4.99 Å². The van der Waals surface area contributed by atoms with Crippen molar-refractivity contribution in [1.29, 1.82) is 0 Å². The van der Waals surface area contributed by atoms with E-state index in [0.717, 1.165) is 39.4 Å². The standard InChI is InChI=1S/C19H18N2O3S/c1-3-21-14-9-15-16(24-11-23-15)10-17(14)25-19(21)20-18(22)8-13-6-4-5-12(2)7-13/h4-7,9-10H,3,8,11H2,1-2H3. The maximum absolute atomic E-state index is 12.4. The molecule has 0 radical (unpaired) electrons. The molecule has 0 aliphatic carbocycles. The predicted octanol–water partition coefficient (Wildman–Crippen LogP) is 3.43. The van der Waals surface area contributed by atoms with E-state index in [0.29, 0.717) is 11.2 Å². The molecule has 1 amide bonds. The Labute approximate surface area is 149 Å². The number of carbonyl (C=O) groups excluding carboxylic acids is 1. The van der Waals surface area contributed by atoms with Gasteiger partial charge in [0.15, 0.2) is 16.3 Å². The van der Waals surface area contributed by atoms with Crippen LogP contribution in [0.1, 0.15) is 18.1 Å². The molecule has 128 valence electrons. The normalized spacial score (nSPS) is 13.6. The summed E-state index contributed by atoms with van der Waals surface area (Å²) in [5.74, 6) is 1.35. The molecule has 2 heterocycles. The topological polar surface area (TPSA) is 52.8 Å². The van der Waals surface area contributed by atoms with Gasteiger partial charge in [0.25, 0.3) is 5.91 Å². The molecule has 1 aromatic heterocycles.